The number of aliphatic carboxylic acids is 1. The lowest BCUT2D eigenvalue weighted by atomic mass is 9.77. The number of alkyl halides is 1. The number of benzene rings is 3. The van der Waals surface area contributed by atoms with Gasteiger partial charge in [-0.05, 0) is 22.3 Å². The van der Waals surface area contributed by atoms with Crippen molar-refractivity contribution < 1.29 is 33.5 Å². The molecule has 14 heteroatoms. The molecule has 3 N–H and O–H groups in total. The molecule has 11 nitrogen and oxygen atoms in total. The van der Waals surface area contributed by atoms with Gasteiger partial charge in [-0.3, -0.25) is 14.5 Å². The maximum atomic E-state index is 13.6. The molecule has 0 unspecified atom stereocenters. The molecule has 2 amide bonds. The fourth-order valence-corrected chi connectivity index (χ4v) is 7.93. The van der Waals surface area contributed by atoms with Gasteiger partial charge in [-0.25, -0.2) is 14.2 Å². The van der Waals surface area contributed by atoms with Crippen LogP contribution in [0.5, 0.6) is 0 Å². The number of aromatic nitrogens is 1. The van der Waals surface area contributed by atoms with Crippen LogP contribution in [0.25, 0.3) is 0 Å². The molecular formula is C34H30FN5O6S2. The molecular weight excluding hydrogens is 658 g/mol. The number of rotatable bonds is 13. The molecule has 6 rings (SSSR count). The number of carboxylic acids is 1. The summed E-state index contributed by atoms with van der Waals surface area (Å²) in [6.45, 7) is -1.24. The summed E-state index contributed by atoms with van der Waals surface area (Å²) in [7, 11) is 1.44. The van der Waals surface area contributed by atoms with Crippen molar-refractivity contribution >= 4 is 51.7 Å². The summed E-state index contributed by atoms with van der Waals surface area (Å²) in [5.74, 6) is -2.39. The van der Waals surface area contributed by atoms with Crippen molar-refractivity contribution in [1.82, 2.24) is 15.2 Å². The van der Waals surface area contributed by atoms with Crippen LogP contribution in [0.2, 0.25) is 0 Å². The van der Waals surface area contributed by atoms with Crippen molar-refractivity contribution in [2.45, 2.75) is 17.0 Å². The summed E-state index contributed by atoms with van der Waals surface area (Å²) in [6.07, 6.45) is 0. The smallest absolute Gasteiger partial charge is 0.352 e. The number of β-lactam (4-membered cyclic amide) rings is 1. The molecule has 0 bridgehead atoms. The Kier molecular flexibility index (Phi) is 9.85. The third-order valence-electron chi connectivity index (χ3n) is 7.94. The van der Waals surface area contributed by atoms with Gasteiger partial charge in [-0.2, -0.15) is 0 Å². The first-order valence-electron chi connectivity index (χ1n) is 14.8. The van der Waals surface area contributed by atoms with E-state index in [4.69, 9.17) is 4.74 Å². The molecule has 1 aromatic heterocycles. The number of carboxylic acid groups (broad SMARTS) is 1. The third-order valence-corrected chi connectivity index (χ3v) is 10.0. The number of oxime groups is 1. The van der Waals surface area contributed by atoms with E-state index >= 15 is 0 Å². The number of halogens is 1. The highest BCUT2D eigenvalue weighted by Gasteiger charge is 2.54. The van der Waals surface area contributed by atoms with Gasteiger partial charge in [-0.1, -0.05) is 96.2 Å². The van der Waals surface area contributed by atoms with E-state index in [1.165, 1.54) is 30.2 Å². The largest absolute Gasteiger partial charge is 0.477 e. The molecule has 48 heavy (non-hydrogen) atoms. The molecule has 4 aromatic rings. The van der Waals surface area contributed by atoms with Crippen molar-refractivity contribution in [3.8, 4) is 0 Å². The average Bonchev–Trinajstić information content (AvgIpc) is 3.58. The van der Waals surface area contributed by atoms with Crippen LogP contribution in [0, 0.1) is 0 Å². The fraction of sp³-hybridized carbons (Fsp3) is 0.206. The number of nitrogens with one attached hydrogen (secondary N) is 2. The Hall–Kier alpha value is -5.05. The second kappa shape index (κ2) is 14.4. The average molecular weight is 688 g/mol. The number of hydrogen-bond donors (Lipinski definition) is 3. The highest BCUT2D eigenvalue weighted by molar-refractivity contribution is 8.00. The van der Waals surface area contributed by atoms with E-state index < -0.39 is 41.6 Å². The van der Waals surface area contributed by atoms with E-state index in [0.717, 1.165) is 21.6 Å². The van der Waals surface area contributed by atoms with Crippen LogP contribution in [0.4, 0.5) is 9.52 Å². The number of carbonyl (C=O) groups is 3. The molecule has 3 aromatic carbocycles. The number of thiazole rings is 1. The molecule has 1 saturated heterocycles. The van der Waals surface area contributed by atoms with Gasteiger partial charge in [0, 0.05) is 18.2 Å². The normalized spacial score (nSPS) is 17.8. The van der Waals surface area contributed by atoms with Crippen LogP contribution in [0.1, 0.15) is 22.4 Å². The third kappa shape index (κ3) is 6.17. The number of carbonyl (C=O) groups excluding carboxylic acids is 2. The van der Waals surface area contributed by atoms with E-state index in [1.54, 1.807) is 5.38 Å². The zero-order chi connectivity index (χ0) is 33.7. The molecule has 1 fully saturated rings. The monoisotopic (exact) mass is 687 g/mol. The first-order valence-corrected chi connectivity index (χ1v) is 16.7. The fourth-order valence-electron chi connectivity index (χ4n) is 5.85. The van der Waals surface area contributed by atoms with Crippen LogP contribution in [0.15, 0.2) is 113 Å². The molecule has 246 valence electrons. The maximum absolute atomic E-state index is 13.6. The topological polar surface area (TPSA) is 142 Å². The quantitative estimate of drug-likeness (QED) is 0.0797. The van der Waals surface area contributed by atoms with Gasteiger partial charge in [0.15, 0.2) is 10.8 Å². The number of fused-ring (bicyclic) bond motifs is 1. The maximum Gasteiger partial charge on any atom is 0.352 e. The Morgan fingerprint density at radius 3 is 2.12 bits per heavy atom. The van der Waals surface area contributed by atoms with E-state index in [1.807, 2.05) is 91.0 Å². The van der Waals surface area contributed by atoms with Crippen molar-refractivity contribution in [1.29, 1.82) is 0 Å². The number of anilines is 1. The molecule has 0 saturated carbocycles. The van der Waals surface area contributed by atoms with Crippen LogP contribution >= 0.6 is 23.1 Å². The van der Waals surface area contributed by atoms with Crippen LogP contribution in [-0.4, -0.2) is 76.2 Å². The zero-order valence-electron chi connectivity index (χ0n) is 25.5. The minimum Gasteiger partial charge on any atom is -0.477 e. The van der Waals surface area contributed by atoms with Gasteiger partial charge in [-0.15, -0.1) is 23.1 Å². The summed E-state index contributed by atoms with van der Waals surface area (Å²) >= 11 is 2.51. The predicted octanol–water partition coefficient (Wildman–Crippen LogP) is 4.58. The summed E-state index contributed by atoms with van der Waals surface area (Å²) in [6, 6.07) is 28.6. The minimum atomic E-state index is -1.30. The summed E-state index contributed by atoms with van der Waals surface area (Å²) in [4.78, 5) is 49.2. The lowest BCUT2D eigenvalue weighted by Crippen LogP contribution is -2.71. The van der Waals surface area contributed by atoms with Crippen molar-refractivity contribution in [3.05, 3.63) is 130 Å². The number of hydrogen-bond acceptors (Lipinski definition) is 10. The highest BCUT2D eigenvalue weighted by atomic mass is 32.2. The van der Waals surface area contributed by atoms with Gasteiger partial charge in [0.2, 0.25) is 0 Å². The number of amides is 2. The first kappa shape index (κ1) is 32.9. The van der Waals surface area contributed by atoms with E-state index in [0.29, 0.717) is 16.5 Å². The predicted molar refractivity (Wildman–Crippen MR) is 180 cm³/mol. The van der Waals surface area contributed by atoms with Gasteiger partial charge in [0.05, 0.1) is 6.61 Å². The first-order chi connectivity index (χ1) is 23.4. The SMILES string of the molecule is COCC1=C(C(=O)O)N2C(=O)[C@@H](NC(=O)/C(=N\OCF)c3csc(NC(c4ccccc4)(c4ccccc4)c4ccccc4)n3)[C@H]2SC1. The zero-order valence-corrected chi connectivity index (χ0v) is 27.2. The number of methoxy groups -OCH3 is 1. The molecule has 3 heterocycles. The Labute approximate surface area is 283 Å². The van der Waals surface area contributed by atoms with E-state index in [-0.39, 0.29) is 23.7 Å². The molecule has 2 aliphatic heterocycles. The summed E-state index contributed by atoms with van der Waals surface area (Å²) < 4.78 is 18.2. The van der Waals surface area contributed by atoms with Crippen molar-refractivity contribution in [2.24, 2.45) is 5.16 Å². The van der Waals surface area contributed by atoms with Crippen LogP contribution in [-0.2, 0) is 29.5 Å². The van der Waals surface area contributed by atoms with Crippen molar-refractivity contribution in [3.63, 3.8) is 0 Å². The Bertz CT molecular complexity index is 1760. The van der Waals surface area contributed by atoms with Gasteiger partial charge in [0.1, 0.15) is 28.3 Å². The van der Waals surface area contributed by atoms with Gasteiger partial charge >= 0.3 is 5.97 Å². The van der Waals surface area contributed by atoms with Gasteiger partial charge in [0.25, 0.3) is 18.7 Å². The Balaban J connectivity index is 1.31. The standard InChI is InChI=1S/C34H30FN5O6S2/c1-45-17-21-18-47-31-27(30(42)40(31)28(21)32(43)44)37-29(41)26(39-46-20-35)25-19-48-33(36-25)38-34(22-11-5-2-6-12-22,23-13-7-3-8-14-23)24-15-9-4-10-16-24/h2-16,19,27,31H,17-18,20H2,1H3,(H,36,38)(H,37,41)(H,43,44)/b39-26-/t27-,31-/m1/s1. The number of thioether (sulfide) groups is 1. The van der Waals surface area contributed by atoms with Crippen molar-refractivity contribution in [2.75, 3.05) is 31.6 Å². The summed E-state index contributed by atoms with van der Waals surface area (Å²) in [5.41, 5.74) is 1.97. The number of ether oxygens (including phenoxy) is 1. The van der Waals surface area contributed by atoms with Crippen LogP contribution in [0.3, 0.4) is 0 Å². The molecule has 2 aliphatic rings. The van der Waals surface area contributed by atoms with E-state index in [9.17, 15) is 23.9 Å². The lowest BCUT2D eigenvalue weighted by molar-refractivity contribution is -0.150. The van der Waals surface area contributed by atoms with E-state index in [2.05, 4.69) is 25.6 Å². The second-order valence-corrected chi connectivity index (χ2v) is 12.7. The number of nitrogens with zero attached hydrogens (tertiary/aromatic N) is 3. The highest BCUT2D eigenvalue weighted by Crippen LogP contribution is 2.42. The summed E-state index contributed by atoms with van der Waals surface area (Å²) in [5, 5.41) is 21.1. The lowest BCUT2D eigenvalue weighted by Gasteiger charge is -2.49. The molecule has 0 spiro atoms. The Morgan fingerprint density at radius 2 is 1.60 bits per heavy atom. The van der Waals surface area contributed by atoms with Gasteiger partial charge < -0.3 is 25.3 Å². The minimum absolute atomic E-state index is 0.0554. The molecule has 0 radical (unpaired) electrons. The second-order valence-electron chi connectivity index (χ2n) is 10.7. The Morgan fingerprint density at radius 1 is 1.02 bits per heavy atom. The molecule has 0 aliphatic carbocycles. The van der Waals surface area contributed by atoms with Crippen LogP contribution < -0.4 is 10.6 Å². The molecule has 2 atom stereocenters.